The van der Waals surface area contributed by atoms with Gasteiger partial charge in [0.05, 0.1) is 13.0 Å². The van der Waals surface area contributed by atoms with Crippen molar-refractivity contribution in [2.24, 2.45) is 0 Å². The number of halogens is 3. The highest BCUT2D eigenvalue weighted by Crippen LogP contribution is 2.20. The molecule has 1 N–H and O–H groups in total. The van der Waals surface area contributed by atoms with Crippen LogP contribution in [0.3, 0.4) is 0 Å². The van der Waals surface area contributed by atoms with Crippen molar-refractivity contribution in [2.75, 3.05) is 13.7 Å². The molecule has 0 saturated carbocycles. The van der Waals surface area contributed by atoms with Crippen LogP contribution >= 0.6 is 0 Å². The van der Waals surface area contributed by atoms with Crippen molar-refractivity contribution in [1.29, 1.82) is 0 Å². The van der Waals surface area contributed by atoms with Crippen LogP contribution in [-0.4, -0.2) is 25.9 Å². The number of hydrogen-bond donors (Lipinski definition) is 1. The molecule has 0 saturated heterocycles. The molecule has 5 heteroatoms. The Morgan fingerprint density at radius 3 is 2.37 bits per heavy atom. The van der Waals surface area contributed by atoms with Gasteiger partial charge in [0.25, 0.3) is 0 Å². The van der Waals surface area contributed by atoms with E-state index in [0.29, 0.717) is 11.8 Å². The minimum absolute atomic E-state index is 0.334. The summed E-state index contributed by atoms with van der Waals surface area (Å²) in [6, 6.07) is 7.67. The molecule has 1 aromatic carbocycles. The van der Waals surface area contributed by atoms with Crippen LogP contribution in [0.4, 0.5) is 13.2 Å². The first kappa shape index (κ1) is 15.8. The summed E-state index contributed by atoms with van der Waals surface area (Å²) in [5.41, 5.74) is 1.16. The average molecular weight is 275 g/mol. The van der Waals surface area contributed by atoms with Gasteiger partial charge >= 0.3 is 6.18 Å². The fourth-order valence-corrected chi connectivity index (χ4v) is 1.56. The quantitative estimate of drug-likeness (QED) is 0.821. The molecule has 108 valence electrons. The van der Waals surface area contributed by atoms with Gasteiger partial charge in [-0.25, -0.2) is 0 Å². The van der Waals surface area contributed by atoms with Crippen molar-refractivity contribution in [3.8, 4) is 5.75 Å². The van der Waals surface area contributed by atoms with E-state index in [2.05, 4.69) is 12.2 Å². The Balaban J connectivity index is 2.35. The Bertz CT molecular complexity index is 362. The van der Waals surface area contributed by atoms with Crippen LogP contribution in [0, 0.1) is 0 Å². The van der Waals surface area contributed by atoms with E-state index in [1.807, 2.05) is 19.2 Å². The minimum Gasteiger partial charge on any atom is -0.493 e. The molecule has 0 fully saturated rings. The maximum Gasteiger partial charge on any atom is 0.392 e. The van der Waals surface area contributed by atoms with Gasteiger partial charge in [0.2, 0.25) is 0 Å². The van der Waals surface area contributed by atoms with Crippen LogP contribution in [0.1, 0.15) is 25.3 Å². The number of alkyl halides is 3. The third-order valence-electron chi connectivity index (χ3n) is 2.94. The number of ether oxygens (including phenoxy) is 1. The third kappa shape index (κ3) is 7.06. The Hall–Kier alpha value is -1.23. The topological polar surface area (TPSA) is 21.3 Å². The fourth-order valence-electron chi connectivity index (χ4n) is 1.56. The second kappa shape index (κ2) is 7.38. The Morgan fingerprint density at radius 2 is 1.84 bits per heavy atom. The number of nitrogens with one attached hydrogen (secondary N) is 1. The summed E-state index contributed by atoms with van der Waals surface area (Å²) in [5, 5.41) is 3.16. The van der Waals surface area contributed by atoms with E-state index in [1.165, 1.54) is 0 Å². The second-order valence-corrected chi connectivity index (χ2v) is 4.59. The monoisotopic (exact) mass is 275 g/mol. The van der Waals surface area contributed by atoms with Gasteiger partial charge in [0, 0.05) is 6.04 Å². The number of hydrogen-bond acceptors (Lipinski definition) is 2. The summed E-state index contributed by atoms with van der Waals surface area (Å²) < 4.78 is 40.9. The molecule has 0 heterocycles. The molecule has 1 unspecified atom stereocenters. The lowest BCUT2D eigenvalue weighted by Gasteiger charge is -2.11. The Morgan fingerprint density at radius 1 is 1.21 bits per heavy atom. The lowest BCUT2D eigenvalue weighted by Crippen LogP contribution is -2.21. The van der Waals surface area contributed by atoms with Gasteiger partial charge in [0.1, 0.15) is 5.75 Å². The smallest absolute Gasteiger partial charge is 0.392 e. The molecule has 2 nitrogen and oxygen atoms in total. The van der Waals surface area contributed by atoms with E-state index < -0.39 is 12.6 Å². The van der Waals surface area contributed by atoms with E-state index in [-0.39, 0.29) is 6.61 Å². The second-order valence-electron chi connectivity index (χ2n) is 4.59. The van der Waals surface area contributed by atoms with Crippen molar-refractivity contribution in [2.45, 2.75) is 38.4 Å². The van der Waals surface area contributed by atoms with Gasteiger partial charge in [-0.1, -0.05) is 12.1 Å². The Labute approximate surface area is 112 Å². The summed E-state index contributed by atoms with van der Waals surface area (Å²) >= 11 is 0. The lowest BCUT2D eigenvalue weighted by molar-refractivity contribution is -0.139. The van der Waals surface area contributed by atoms with Crippen molar-refractivity contribution in [3.63, 3.8) is 0 Å². The molecule has 0 aromatic heterocycles. The zero-order valence-electron chi connectivity index (χ0n) is 11.3. The molecule has 0 bridgehead atoms. The minimum atomic E-state index is -4.16. The Kier molecular flexibility index (Phi) is 6.15. The molecule has 0 aliphatic carbocycles. The van der Waals surface area contributed by atoms with Crippen molar-refractivity contribution < 1.29 is 17.9 Å². The highest BCUT2D eigenvalue weighted by molar-refractivity contribution is 5.27. The highest BCUT2D eigenvalue weighted by Gasteiger charge is 2.26. The summed E-state index contributed by atoms with van der Waals surface area (Å²) in [6.07, 6.45) is -3.13. The highest BCUT2D eigenvalue weighted by atomic mass is 19.4. The molecule has 1 rings (SSSR count). The molecule has 0 radical (unpaired) electrons. The van der Waals surface area contributed by atoms with E-state index in [9.17, 15) is 13.2 Å². The summed E-state index contributed by atoms with van der Waals surface area (Å²) in [5.74, 6) is 0.481. The molecular formula is C14H20F3NO. The first-order chi connectivity index (χ1) is 8.90. The average Bonchev–Trinajstić information content (AvgIpc) is 2.36. The van der Waals surface area contributed by atoms with Crippen LogP contribution in [0.2, 0.25) is 0 Å². The maximum absolute atomic E-state index is 11.9. The summed E-state index contributed by atoms with van der Waals surface area (Å²) in [4.78, 5) is 0. The molecule has 1 aromatic rings. The fraction of sp³-hybridized carbons (Fsp3) is 0.571. The predicted molar refractivity (Wildman–Crippen MR) is 69.5 cm³/mol. The van der Waals surface area contributed by atoms with Crippen LogP contribution < -0.4 is 10.1 Å². The van der Waals surface area contributed by atoms with E-state index in [1.54, 1.807) is 12.1 Å². The van der Waals surface area contributed by atoms with Gasteiger partial charge in [-0.05, 0) is 44.5 Å². The number of benzene rings is 1. The van der Waals surface area contributed by atoms with Gasteiger partial charge < -0.3 is 10.1 Å². The van der Waals surface area contributed by atoms with Gasteiger partial charge in [-0.2, -0.15) is 13.2 Å². The standard InChI is InChI=1S/C14H20F3NO/c1-11(18-2)3-4-12-5-7-13(8-6-12)19-10-9-14(15,16)17/h5-8,11,18H,3-4,9-10H2,1-2H3. The molecular weight excluding hydrogens is 255 g/mol. The largest absolute Gasteiger partial charge is 0.493 e. The van der Waals surface area contributed by atoms with Crippen LogP contribution in [0.15, 0.2) is 24.3 Å². The van der Waals surface area contributed by atoms with Gasteiger partial charge in [0.15, 0.2) is 0 Å². The summed E-state index contributed by atoms with van der Waals surface area (Å²) in [7, 11) is 1.92. The van der Waals surface area contributed by atoms with E-state index >= 15 is 0 Å². The predicted octanol–water partition coefficient (Wildman–Crippen LogP) is 3.56. The van der Waals surface area contributed by atoms with E-state index in [4.69, 9.17) is 4.74 Å². The zero-order valence-corrected chi connectivity index (χ0v) is 11.3. The van der Waals surface area contributed by atoms with Crippen molar-refractivity contribution >= 4 is 0 Å². The molecule has 0 aliphatic heterocycles. The van der Waals surface area contributed by atoms with Gasteiger partial charge in [-0.15, -0.1) is 0 Å². The lowest BCUT2D eigenvalue weighted by atomic mass is 10.1. The molecule has 0 aliphatic rings. The van der Waals surface area contributed by atoms with Crippen LogP contribution in [0.25, 0.3) is 0 Å². The molecule has 19 heavy (non-hydrogen) atoms. The van der Waals surface area contributed by atoms with Crippen LogP contribution in [0.5, 0.6) is 5.75 Å². The number of rotatable bonds is 7. The van der Waals surface area contributed by atoms with Gasteiger partial charge in [-0.3, -0.25) is 0 Å². The van der Waals surface area contributed by atoms with E-state index in [0.717, 1.165) is 18.4 Å². The van der Waals surface area contributed by atoms with Crippen molar-refractivity contribution in [3.05, 3.63) is 29.8 Å². The normalized spacial score (nSPS) is 13.3. The molecule has 0 spiro atoms. The first-order valence-corrected chi connectivity index (χ1v) is 6.36. The molecule has 0 amide bonds. The third-order valence-corrected chi connectivity index (χ3v) is 2.94. The van der Waals surface area contributed by atoms with Crippen LogP contribution in [-0.2, 0) is 6.42 Å². The zero-order chi connectivity index (χ0) is 14.3. The number of aryl methyl sites for hydroxylation is 1. The first-order valence-electron chi connectivity index (χ1n) is 6.36. The maximum atomic E-state index is 11.9. The molecule has 1 atom stereocenters. The van der Waals surface area contributed by atoms with Crippen molar-refractivity contribution in [1.82, 2.24) is 5.32 Å². The SMILES string of the molecule is CNC(C)CCc1ccc(OCCC(F)(F)F)cc1. The summed E-state index contributed by atoms with van der Waals surface area (Å²) in [6.45, 7) is 1.77.